The molecule has 1 N–H and O–H groups in total. The summed E-state index contributed by atoms with van der Waals surface area (Å²) in [5.41, 5.74) is 3.68. The van der Waals surface area contributed by atoms with Crippen LogP contribution in [-0.2, 0) is 6.54 Å². The number of aryl methyl sites for hydroxylation is 1. The van der Waals surface area contributed by atoms with E-state index in [2.05, 4.69) is 58.1 Å². The van der Waals surface area contributed by atoms with Crippen molar-refractivity contribution in [3.8, 4) is 5.69 Å². The first kappa shape index (κ1) is 11.6. The number of benzene rings is 1. The number of nitrogens with zero attached hydrogens (tertiary/aromatic N) is 2. The Balaban J connectivity index is 2.47. The summed E-state index contributed by atoms with van der Waals surface area (Å²) >= 11 is 2.27. The Morgan fingerprint density at radius 2 is 2.25 bits per heavy atom. The summed E-state index contributed by atoms with van der Waals surface area (Å²) in [5, 5.41) is 7.53. The highest BCUT2D eigenvalue weighted by Crippen LogP contribution is 2.17. The molecule has 2 rings (SSSR count). The van der Waals surface area contributed by atoms with E-state index in [4.69, 9.17) is 0 Å². The minimum Gasteiger partial charge on any atom is -0.316 e. The second kappa shape index (κ2) is 4.97. The number of halogens is 1. The maximum atomic E-state index is 4.34. The van der Waals surface area contributed by atoms with Crippen molar-refractivity contribution in [1.82, 2.24) is 15.1 Å². The molecule has 2 aromatic rings. The average molecular weight is 327 g/mol. The van der Waals surface area contributed by atoms with Gasteiger partial charge in [-0.3, -0.25) is 0 Å². The summed E-state index contributed by atoms with van der Waals surface area (Å²) < 4.78 is 3.07. The fourth-order valence-electron chi connectivity index (χ4n) is 1.70. The van der Waals surface area contributed by atoms with Crippen LogP contribution in [0.2, 0.25) is 0 Å². The molecule has 0 amide bonds. The zero-order valence-electron chi connectivity index (χ0n) is 9.37. The van der Waals surface area contributed by atoms with Crippen LogP contribution in [0.3, 0.4) is 0 Å². The lowest BCUT2D eigenvalue weighted by atomic mass is 10.1. The molecular weight excluding hydrogens is 313 g/mol. The van der Waals surface area contributed by atoms with Gasteiger partial charge in [-0.2, -0.15) is 5.10 Å². The molecule has 0 aliphatic rings. The first-order valence-electron chi connectivity index (χ1n) is 5.15. The second-order valence-electron chi connectivity index (χ2n) is 3.77. The van der Waals surface area contributed by atoms with Gasteiger partial charge < -0.3 is 5.32 Å². The molecule has 0 aliphatic heterocycles. The van der Waals surface area contributed by atoms with Gasteiger partial charge >= 0.3 is 0 Å². The van der Waals surface area contributed by atoms with Crippen LogP contribution in [0.25, 0.3) is 5.69 Å². The third kappa shape index (κ3) is 2.44. The minimum absolute atomic E-state index is 0.855. The molecule has 4 heteroatoms. The van der Waals surface area contributed by atoms with E-state index < -0.39 is 0 Å². The van der Waals surface area contributed by atoms with E-state index in [0.717, 1.165) is 15.8 Å². The van der Waals surface area contributed by atoms with E-state index in [9.17, 15) is 0 Å². The summed E-state index contributed by atoms with van der Waals surface area (Å²) in [6, 6.07) is 6.43. The largest absolute Gasteiger partial charge is 0.316 e. The van der Waals surface area contributed by atoms with Gasteiger partial charge in [0.15, 0.2) is 0 Å². The average Bonchev–Trinajstić information content (AvgIpc) is 2.65. The van der Waals surface area contributed by atoms with Gasteiger partial charge in [0.25, 0.3) is 0 Å². The summed E-state index contributed by atoms with van der Waals surface area (Å²) in [5.74, 6) is 0. The third-order valence-corrected chi connectivity index (χ3v) is 2.96. The summed E-state index contributed by atoms with van der Waals surface area (Å²) in [4.78, 5) is 0. The highest BCUT2D eigenvalue weighted by molar-refractivity contribution is 14.1. The summed E-state index contributed by atoms with van der Waals surface area (Å²) in [7, 11) is 1.96. The van der Waals surface area contributed by atoms with E-state index in [0.29, 0.717) is 0 Å². The van der Waals surface area contributed by atoms with E-state index in [1.807, 2.05) is 24.1 Å². The second-order valence-corrected chi connectivity index (χ2v) is 5.01. The molecule has 0 atom stereocenters. The Morgan fingerprint density at radius 1 is 1.44 bits per heavy atom. The normalized spacial score (nSPS) is 10.7. The van der Waals surface area contributed by atoms with Gasteiger partial charge in [-0.25, -0.2) is 4.68 Å². The highest BCUT2D eigenvalue weighted by Gasteiger charge is 2.05. The van der Waals surface area contributed by atoms with Crippen LogP contribution in [0.15, 0.2) is 30.6 Å². The van der Waals surface area contributed by atoms with Crippen LogP contribution < -0.4 is 5.32 Å². The van der Waals surface area contributed by atoms with Crippen molar-refractivity contribution in [2.75, 3.05) is 7.05 Å². The van der Waals surface area contributed by atoms with Gasteiger partial charge in [0.1, 0.15) is 0 Å². The minimum atomic E-state index is 0.855. The molecule has 0 saturated heterocycles. The maximum Gasteiger partial charge on any atom is 0.0691 e. The molecule has 0 aliphatic carbocycles. The molecular formula is C12H14IN3. The fraction of sp³-hybridized carbons (Fsp3) is 0.250. The lowest BCUT2D eigenvalue weighted by Crippen LogP contribution is -2.09. The molecule has 3 nitrogen and oxygen atoms in total. The lowest BCUT2D eigenvalue weighted by molar-refractivity contribution is 0.788. The third-order valence-electron chi connectivity index (χ3n) is 2.40. The molecule has 0 fully saturated rings. The fourth-order valence-corrected chi connectivity index (χ4v) is 2.09. The van der Waals surface area contributed by atoms with Gasteiger partial charge in [-0.1, -0.05) is 17.7 Å². The monoisotopic (exact) mass is 327 g/mol. The molecule has 1 aromatic heterocycles. The molecule has 0 unspecified atom stereocenters. The first-order chi connectivity index (χ1) is 7.70. The van der Waals surface area contributed by atoms with E-state index in [-0.39, 0.29) is 0 Å². The molecule has 0 saturated carbocycles. The Kier molecular flexibility index (Phi) is 3.60. The molecule has 1 heterocycles. The van der Waals surface area contributed by atoms with Crippen LogP contribution in [-0.4, -0.2) is 16.8 Å². The van der Waals surface area contributed by atoms with E-state index in [1.54, 1.807) is 0 Å². The van der Waals surface area contributed by atoms with E-state index in [1.165, 1.54) is 11.1 Å². The summed E-state index contributed by atoms with van der Waals surface area (Å²) in [6.45, 7) is 2.96. The standard InChI is InChI=1S/C12H14IN3/c1-9-3-4-12(10(5-9)6-14-2)16-8-11(13)7-15-16/h3-5,7-8,14H,6H2,1-2H3. The Labute approximate surface area is 109 Å². The zero-order chi connectivity index (χ0) is 11.5. The van der Waals surface area contributed by atoms with Crippen molar-refractivity contribution in [1.29, 1.82) is 0 Å². The van der Waals surface area contributed by atoms with Crippen LogP contribution in [0.5, 0.6) is 0 Å². The van der Waals surface area contributed by atoms with Crippen molar-refractivity contribution >= 4 is 22.6 Å². The number of hydrogen-bond donors (Lipinski definition) is 1. The SMILES string of the molecule is CNCc1cc(C)ccc1-n1cc(I)cn1. The topological polar surface area (TPSA) is 29.9 Å². The Bertz CT molecular complexity index is 491. The van der Waals surface area contributed by atoms with Crippen LogP contribution >= 0.6 is 22.6 Å². The Hall–Kier alpha value is -0.880. The smallest absolute Gasteiger partial charge is 0.0691 e. The predicted octanol–water partition coefficient (Wildman–Crippen LogP) is 2.50. The van der Waals surface area contributed by atoms with E-state index >= 15 is 0 Å². The quantitative estimate of drug-likeness (QED) is 0.878. The van der Waals surface area contributed by atoms with Crippen LogP contribution in [0.1, 0.15) is 11.1 Å². The first-order valence-corrected chi connectivity index (χ1v) is 6.23. The summed E-state index contributed by atoms with van der Waals surface area (Å²) in [6.07, 6.45) is 3.90. The molecule has 0 radical (unpaired) electrons. The van der Waals surface area contributed by atoms with Gasteiger partial charge in [-0.05, 0) is 48.2 Å². The van der Waals surface area contributed by atoms with Gasteiger partial charge in [-0.15, -0.1) is 0 Å². The number of aromatic nitrogens is 2. The molecule has 1 aromatic carbocycles. The van der Waals surface area contributed by atoms with Crippen molar-refractivity contribution < 1.29 is 0 Å². The number of rotatable bonds is 3. The molecule has 16 heavy (non-hydrogen) atoms. The van der Waals surface area contributed by atoms with Gasteiger partial charge in [0.2, 0.25) is 0 Å². The number of nitrogens with one attached hydrogen (secondary N) is 1. The zero-order valence-corrected chi connectivity index (χ0v) is 11.5. The molecule has 0 bridgehead atoms. The molecule has 0 spiro atoms. The van der Waals surface area contributed by atoms with Crippen molar-refractivity contribution in [2.24, 2.45) is 0 Å². The highest BCUT2D eigenvalue weighted by atomic mass is 127. The number of hydrogen-bond acceptors (Lipinski definition) is 2. The molecule has 84 valence electrons. The van der Waals surface area contributed by atoms with Crippen molar-refractivity contribution in [3.63, 3.8) is 0 Å². The lowest BCUT2D eigenvalue weighted by Gasteiger charge is -2.10. The van der Waals surface area contributed by atoms with Gasteiger partial charge in [0, 0.05) is 12.7 Å². The predicted molar refractivity (Wildman–Crippen MR) is 73.8 cm³/mol. The van der Waals surface area contributed by atoms with Crippen molar-refractivity contribution in [2.45, 2.75) is 13.5 Å². The maximum absolute atomic E-state index is 4.34. The Morgan fingerprint density at radius 3 is 2.88 bits per heavy atom. The van der Waals surface area contributed by atoms with Crippen LogP contribution in [0, 0.1) is 10.5 Å². The van der Waals surface area contributed by atoms with Crippen molar-refractivity contribution in [3.05, 3.63) is 45.3 Å². The van der Waals surface area contributed by atoms with Crippen LogP contribution in [0.4, 0.5) is 0 Å². The van der Waals surface area contributed by atoms with Gasteiger partial charge in [0.05, 0.1) is 15.5 Å².